The Morgan fingerprint density at radius 3 is 2.60 bits per heavy atom. The summed E-state index contributed by atoms with van der Waals surface area (Å²) < 4.78 is 0. The summed E-state index contributed by atoms with van der Waals surface area (Å²) in [5.41, 5.74) is 1.33. The van der Waals surface area contributed by atoms with Crippen LogP contribution in [-0.2, 0) is 4.79 Å². The zero-order valence-electron chi connectivity index (χ0n) is 11.8. The third-order valence-corrected chi connectivity index (χ3v) is 4.89. The van der Waals surface area contributed by atoms with Gasteiger partial charge in [0.05, 0.1) is 11.9 Å². The molecular formula is C14H19ClN4O. The fourth-order valence-electron chi connectivity index (χ4n) is 3.38. The summed E-state index contributed by atoms with van der Waals surface area (Å²) >= 11 is 5.90. The molecule has 6 heteroatoms. The summed E-state index contributed by atoms with van der Waals surface area (Å²) in [5, 5.41) is 0.176. The summed E-state index contributed by atoms with van der Waals surface area (Å²) in [7, 11) is 3.82. The number of hydrogen-bond acceptors (Lipinski definition) is 4. The Hall–Kier alpha value is -1.36. The van der Waals surface area contributed by atoms with Crippen molar-refractivity contribution in [3.05, 3.63) is 11.5 Å². The van der Waals surface area contributed by atoms with Crippen molar-refractivity contribution in [2.45, 2.75) is 38.1 Å². The topological polar surface area (TPSA) is 49.3 Å². The zero-order valence-corrected chi connectivity index (χ0v) is 12.6. The molecule has 1 amide bonds. The number of anilines is 2. The maximum absolute atomic E-state index is 11.5. The van der Waals surface area contributed by atoms with E-state index in [0.29, 0.717) is 11.2 Å². The minimum atomic E-state index is 0.176. The molecule has 1 spiro atoms. The van der Waals surface area contributed by atoms with Gasteiger partial charge in [0.1, 0.15) is 0 Å². The van der Waals surface area contributed by atoms with Gasteiger partial charge in [0.25, 0.3) is 0 Å². The minimum Gasteiger partial charge on any atom is -0.373 e. The van der Waals surface area contributed by atoms with Crippen LogP contribution in [0.1, 0.15) is 32.1 Å². The molecule has 1 aromatic heterocycles. The largest absolute Gasteiger partial charge is 0.373 e. The van der Waals surface area contributed by atoms with Crippen LogP contribution < -0.4 is 9.80 Å². The van der Waals surface area contributed by atoms with Crippen LogP contribution in [0.2, 0.25) is 5.28 Å². The average molecular weight is 295 g/mol. The lowest BCUT2D eigenvalue weighted by atomic mass is 9.54. The van der Waals surface area contributed by atoms with Gasteiger partial charge in [-0.15, -0.1) is 0 Å². The molecule has 20 heavy (non-hydrogen) atoms. The Morgan fingerprint density at radius 2 is 2.10 bits per heavy atom. The number of carbonyl (C=O) groups excluding carboxylic acids is 1. The highest BCUT2D eigenvalue weighted by Crippen LogP contribution is 2.57. The molecule has 5 nitrogen and oxygen atoms in total. The summed E-state index contributed by atoms with van der Waals surface area (Å²) in [5.74, 6) is 0.615. The van der Waals surface area contributed by atoms with Crippen molar-refractivity contribution in [1.82, 2.24) is 9.97 Å². The second kappa shape index (κ2) is 4.88. The lowest BCUT2D eigenvalue weighted by Gasteiger charge is -2.56. The fourth-order valence-corrected chi connectivity index (χ4v) is 3.51. The molecule has 0 unspecified atom stereocenters. The lowest BCUT2D eigenvalue weighted by molar-refractivity contribution is -0.109. The number of aromatic nitrogens is 2. The fraction of sp³-hybridized carbons (Fsp3) is 0.643. The smallest absolute Gasteiger partial charge is 0.224 e. The van der Waals surface area contributed by atoms with Crippen molar-refractivity contribution in [2.75, 3.05) is 23.9 Å². The SMILES string of the molecule is CN(C)c1cnc(Cl)nc1N(C=O)C1CC2(CCC2)C1. The van der Waals surface area contributed by atoms with Crippen molar-refractivity contribution in [3.63, 3.8) is 0 Å². The molecule has 0 aromatic carbocycles. The van der Waals surface area contributed by atoms with E-state index in [9.17, 15) is 4.79 Å². The summed E-state index contributed by atoms with van der Waals surface area (Å²) in [6.07, 6.45) is 8.65. The van der Waals surface area contributed by atoms with E-state index in [1.165, 1.54) is 19.3 Å². The molecular weight excluding hydrogens is 276 g/mol. The molecule has 108 valence electrons. The first-order valence-electron chi connectivity index (χ1n) is 6.98. The first-order chi connectivity index (χ1) is 9.54. The van der Waals surface area contributed by atoms with Gasteiger partial charge < -0.3 is 4.90 Å². The summed E-state index contributed by atoms with van der Waals surface area (Å²) in [6.45, 7) is 0. The number of hydrogen-bond donors (Lipinski definition) is 0. The van der Waals surface area contributed by atoms with Gasteiger partial charge in [0.2, 0.25) is 11.7 Å². The van der Waals surface area contributed by atoms with Crippen LogP contribution in [-0.4, -0.2) is 36.5 Å². The molecule has 0 N–H and O–H groups in total. The number of nitrogens with zero attached hydrogens (tertiary/aromatic N) is 4. The van der Waals surface area contributed by atoms with Crippen LogP contribution in [0.5, 0.6) is 0 Å². The van der Waals surface area contributed by atoms with E-state index in [-0.39, 0.29) is 11.3 Å². The average Bonchev–Trinajstić information content (AvgIpc) is 2.30. The molecule has 0 saturated heterocycles. The van der Waals surface area contributed by atoms with Gasteiger partial charge in [-0.2, -0.15) is 4.98 Å². The molecule has 0 aliphatic heterocycles. The first kappa shape index (κ1) is 13.6. The van der Waals surface area contributed by atoms with E-state index >= 15 is 0 Å². The maximum Gasteiger partial charge on any atom is 0.224 e. The third kappa shape index (κ3) is 2.14. The van der Waals surface area contributed by atoms with Crippen LogP contribution in [0.4, 0.5) is 11.5 Å². The second-order valence-corrected chi connectivity index (χ2v) is 6.51. The third-order valence-electron chi connectivity index (χ3n) is 4.71. The van der Waals surface area contributed by atoms with Crippen LogP contribution in [0, 0.1) is 5.41 Å². The molecule has 0 radical (unpaired) electrons. The van der Waals surface area contributed by atoms with Crippen LogP contribution in [0.25, 0.3) is 0 Å². The quantitative estimate of drug-likeness (QED) is 0.632. The number of rotatable bonds is 4. The van der Waals surface area contributed by atoms with Crippen LogP contribution in [0.3, 0.4) is 0 Å². The van der Waals surface area contributed by atoms with Crippen molar-refractivity contribution < 1.29 is 4.79 Å². The van der Waals surface area contributed by atoms with Gasteiger partial charge >= 0.3 is 0 Å². The van der Waals surface area contributed by atoms with E-state index in [4.69, 9.17) is 11.6 Å². The zero-order chi connectivity index (χ0) is 14.3. The monoisotopic (exact) mass is 294 g/mol. The van der Waals surface area contributed by atoms with E-state index in [1.54, 1.807) is 11.1 Å². The van der Waals surface area contributed by atoms with Gasteiger partial charge in [-0.3, -0.25) is 9.69 Å². The molecule has 2 fully saturated rings. The second-order valence-electron chi connectivity index (χ2n) is 6.17. The summed E-state index contributed by atoms with van der Waals surface area (Å²) in [4.78, 5) is 23.5. The van der Waals surface area contributed by atoms with E-state index in [2.05, 4.69) is 9.97 Å². The number of amides is 1. The predicted octanol–water partition coefficient (Wildman–Crippen LogP) is 2.49. The Labute approximate surface area is 123 Å². The van der Waals surface area contributed by atoms with E-state index in [0.717, 1.165) is 24.9 Å². The van der Waals surface area contributed by atoms with Crippen molar-refractivity contribution in [1.29, 1.82) is 0 Å². The lowest BCUT2D eigenvalue weighted by Crippen LogP contribution is -2.54. The highest BCUT2D eigenvalue weighted by atomic mass is 35.5. The molecule has 1 aromatic rings. The van der Waals surface area contributed by atoms with Crippen molar-refractivity contribution in [3.8, 4) is 0 Å². The minimum absolute atomic E-state index is 0.176. The van der Waals surface area contributed by atoms with Gasteiger partial charge in [-0.1, -0.05) is 6.42 Å². The van der Waals surface area contributed by atoms with Crippen molar-refractivity contribution in [2.24, 2.45) is 5.41 Å². The van der Waals surface area contributed by atoms with Gasteiger partial charge in [-0.05, 0) is 42.7 Å². The highest BCUT2D eigenvalue weighted by Gasteiger charge is 2.50. The molecule has 0 atom stereocenters. The van der Waals surface area contributed by atoms with Gasteiger partial charge in [0.15, 0.2) is 5.82 Å². The molecule has 1 heterocycles. The maximum atomic E-state index is 11.5. The van der Waals surface area contributed by atoms with Gasteiger partial charge in [0, 0.05) is 20.1 Å². The molecule has 2 aliphatic carbocycles. The number of carbonyl (C=O) groups is 1. The molecule has 2 saturated carbocycles. The Morgan fingerprint density at radius 1 is 1.40 bits per heavy atom. The Bertz CT molecular complexity index is 522. The molecule has 2 aliphatic rings. The predicted molar refractivity (Wildman–Crippen MR) is 79.2 cm³/mol. The Kier molecular flexibility index (Phi) is 3.32. The standard InChI is InChI=1S/C14H19ClN4O/c1-18(2)11-8-16-13(15)17-12(11)19(9-20)10-6-14(7-10)4-3-5-14/h8-10H,3-7H2,1-2H3. The molecule has 0 bridgehead atoms. The normalized spacial score (nSPS) is 20.1. The first-order valence-corrected chi connectivity index (χ1v) is 7.36. The highest BCUT2D eigenvalue weighted by molar-refractivity contribution is 6.28. The van der Waals surface area contributed by atoms with Crippen LogP contribution >= 0.6 is 11.6 Å². The Balaban J connectivity index is 1.85. The van der Waals surface area contributed by atoms with Crippen molar-refractivity contribution >= 4 is 29.5 Å². The molecule has 3 rings (SSSR count). The van der Waals surface area contributed by atoms with Crippen LogP contribution in [0.15, 0.2) is 6.20 Å². The van der Waals surface area contributed by atoms with E-state index < -0.39 is 0 Å². The van der Waals surface area contributed by atoms with E-state index in [1.807, 2.05) is 19.0 Å². The van der Waals surface area contributed by atoms with Gasteiger partial charge in [-0.25, -0.2) is 4.98 Å². The summed E-state index contributed by atoms with van der Waals surface area (Å²) in [6, 6.07) is 0.248. The number of halogens is 1.